The molecule has 2 rings (SSSR count). The van der Waals surface area contributed by atoms with Crippen LogP contribution in [-0.2, 0) is 11.2 Å². The number of nitrogens with zero attached hydrogens (tertiary/aromatic N) is 1. The fraction of sp³-hybridized carbons (Fsp3) is 0.429. The maximum Gasteiger partial charge on any atom is 0.236 e. The Morgan fingerprint density at radius 2 is 2.17 bits per heavy atom. The summed E-state index contributed by atoms with van der Waals surface area (Å²) in [6.45, 7) is 7.69. The molecule has 1 aliphatic heterocycles. The van der Waals surface area contributed by atoms with Crippen LogP contribution in [0.25, 0.3) is 0 Å². The van der Waals surface area contributed by atoms with E-state index in [1.807, 2.05) is 6.07 Å². The predicted molar refractivity (Wildman–Crippen MR) is 73.8 cm³/mol. The maximum absolute atomic E-state index is 11.0. The van der Waals surface area contributed by atoms with Crippen molar-refractivity contribution in [3.63, 3.8) is 0 Å². The number of nitrogens with one attached hydrogen (secondary N) is 2. The van der Waals surface area contributed by atoms with Gasteiger partial charge in [0.15, 0.2) is 0 Å². The molecule has 1 aromatic carbocycles. The van der Waals surface area contributed by atoms with Crippen LogP contribution in [-0.4, -0.2) is 17.2 Å². The number of fused-ring (bicyclic) bond motifs is 1. The summed E-state index contributed by atoms with van der Waals surface area (Å²) in [5.41, 5.74) is 6.87. The van der Waals surface area contributed by atoms with E-state index in [1.165, 1.54) is 18.1 Å². The number of carbonyl (C=O) groups excluding carboxylic acids is 1. The Hall–Kier alpha value is -1.84. The highest BCUT2D eigenvalue weighted by molar-refractivity contribution is 6.00. The zero-order valence-corrected chi connectivity index (χ0v) is 11.3. The molecule has 0 fully saturated rings. The summed E-state index contributed by atoms with van der Waals surface area (Å²) in [7, 11) is 0. The first-order valence-electron chi connectivity index (χ1n) is 6.10. The summed E-state index contributed by atoms with van der Waals surface area (Å²) in [4.78, 5) is 11.0. The fourth-order valence-corrected chi connectivity index (χ4v) is 2.18. The van der Waals surface area contributed by atoms with Gasteiger partial charge in [-0.15, -0.1) is 0 Å². The number of hydrazone groups is 1. The van der Waals surface area contributed by atoms with Crippen LogP contribution in [0, 0.1) is 6.92 Å². The minimum atomic E-state index is -0.247. The lowest BCUT2D eigenvalue weighted by Gasteiger charge is -2.35. The van der Waals surface area contributed by atoms with Crippen molar-refractivity contribution in [2.75, 3.05) is 5.32 Å². The average Bonchev–Trinajstić information content (AvgIpc) is 2.25. The van der Waals surface area contributed by atoms with Gasteiger partial charge in [0, 0.05) is 19.0 Å². The molecule has 0 saturated heterocycles. The van der Waals surface area contributed by atoms with Crippen LogP contribution in [0.1, 0.15) is 31.9 Å². The first kappa shape index (κ1) is 12.6. The highest BCUT2D eigenvalue weighted by Crippen LogP contribution is 2.30. The van der Waals surface area contributed by atoms with E-state index in [1.54, 1.807) is 0 Å². The summed E-state index contributed by atoms with van der Waals surface area (Å²) < 4.78 is 0. The van der Waals surface area contributed by atoms with Crippen molar-refractivity contribution in [2.24, 2.45) is 5.10 Å². The minimum absolute atomic E-state index is 0.145. The third-order valence-electron chi connectivity index (χ3n) is 3.27. The number of aryl methyl sites for hydroxylation is 1. The molecule has 0 spiro atoms. The van der Waals surface area contributed by atoms with Crippen LogP contribution >= 0.6 is 0 Å². The third kappa shape index (κ3) is 2.37. The largest absolute Gasteiger partial charge is 0.375 e. The van der Waals surface area contributed by atoms with Crippen molar-refractivity contribution in [2.45, 2.75) is 39.7 Å². The van der Waals surface area contributed by atoms with Gasteiger partial charge in [-0.2, -0.15) is 5.10 Å². The summed E-state index contributed by atoms with van der Waals surface area (Å²) in [6, 6.07) is 6.22. The lowest BCUT2D eigenvalue weighted by Crippen LogP contribution is -2.46. The quantitative estimate of drug-likeness (QED) is 0.745. The first-order valence-corrected chi connectivity index (χ1v) is 6.10. The second-order valence-electron chi connectivity index (χ2n) is 5.25. The molecule has 1 aromatic rings. The normalized spacial score (nSPS) is 19.0. The second-order valence-corrected chi connectivity index (χ2v) is 5.25. The first-order chi connectivity index (χ1) is 8.40. The van der Waals surface area contributed by atoms with Gasteiger partial charge in [0.2, 0.25) is 5.91 Å². The number of anilines is 1. The smallest absolute Gasteiger partial charge is 0.236 e. The van der Waals surface area contributed by atoms with Crippen LogP contribution in [0.5, 0.6) is 0 Å². The van der Waals surface area contributed by atoms with E-state index in [2.05, 4.69) is 48.7 Å². The molecule has 0 atom stereocenters. The van der Waals surface area contributed by atoms with Crippen molar-refractivity contribution in [1.29, 1.82) is 0 Å². The van der Waals surface area contributed by atoms with Gasteiger partial charge in [-0.25, -0.2) is 5.43 Å². The number of benzene rings is 1. The molecule has 0 aliphatic carbocycles. The molecule has 0 aromatic heterocycles. The second kappa shape index (κ2) is 4.44. The number of amides is 1. The van der Waals surface area contributed by atoms with E-state index in [0.29, 0.717) is 0 Å². The Kier molecular flexibility index (Phi) is 3.11. The monoisotopic (exact) mass is 245 g/mol. The Labute approximate surface area is 107 Å². The molecule has 1 heterocycles. The molecule has 4 heteroatoms. The summed E-state index contributed by atoms with van der Waals surface area (Å²) in [5, 5.41) is 7.70. The van der Waals surface area contributed by atoms with Crippen LogP contribution in [0.3, 0.4) is 0 Å². The van der Waals surface area contributed by atoms with Crippen molar-refractivity contribution in [1.82, 2.24) is 5.43 Å². The minimum Gasteiger partial charge on any atom is -0.375 e. The van der Waals surface area contributed by atoms with Crippen molar-refractivity contribution in [3.8, 4) is 0 Å². The lowest BCUT2D eigenvalue weighted by molar-refractivity contribution is -0.118. The molecule has 0 radical (unpaired) electrons. The number of hydrogen-bond donors (Lipinski definition) is 2. The van der Waals surface area contributed by atoms with Crippen LogP contribution < -0.4 is 10.7 Å². The number of hydrogen-bond acceptors (Lipinski definition) is 3. The number of carbonyl (C=O) groups is 1. The van der Waals surface area contributed by atoms with E-state index < -0.39 is 0 Å². The third-order valence-corrected chi connectivity index (χ3v) is 3.27. The van der Waals surface area contributed by atoms with Gasteiger partial charge in [0.05, 0.1) is 11.3 Å². The summed E-state index contributed by atoms with van der Waals surface area (Å²) >= 11 is 0. The van der Waals surface area contributed by atoms with Crippen LogP contribution in [0.2, 0.25) is 0 Å². The van der Waals surface area contributed by atoms with Crippen LogP contribution in [0.4, 0.5) is 5.69 Å². The van der Waals surface area contributed by atoms with Crippen molar-refractivity contribution in [3.05, 3.63) is 29.3 Å². The number of rotatable bonds is 1. The lowest BCUT2D eigenvalue weighted by atomic mass is 9.85. The van der Waals surface area contributed by atoms with Gasteiger partial charge in [0.25, 0.3) is 0 Å². The average molecular weight is 245 g/mol. The molecule has 0 unspecified atom stereocenters. The van der Waals surface area contributed by atoms with Crippen molar-refractivity contribution < 1.29 is 4.79 Å². The maximum atomic E-state index is 11.0. The topological polar surface area (TPSA) is 53.5 Å². The Morgan fingerprint density at radius 3 is 2.83 bits per heavy atom. The van der Waals surface area contributed by atoms with Gasteiger partial charge < -0.3 is 5.32 Å². The van der Waals surface area contributed by atoms with E-state index in [0.717, 1.165) is 17.8 Å². The molecule has 18 heavy (non-hydrogen) atoms. The molecule has 0 saturated carbocycles. The van der Waals surface area contributed by atoms with E-state index in [-0.39, 0.29) is 11.4 Å². The molecular formula is C14H19N3O. The molecule has 1 aliphatic rings. The van der Waals surface area contributed by atoms with Crippen molar-refractivity contribution >= 4 is 17.3 Å². The highest BCUT2D eigenvalue weighted by Gasteiger charge is 2.31. The highest BCUT2D eigenvalue weighted by atomic mass is 16.2. The van der Waals surface area contributed by atoms with Gasteiger partial charge in [0.1, 0.15) is 0 Å². The van der Waals surface area contributed by atoms with Crippen LogP contribution in [0.15, 0.2) is 23.3 Å². The van der Waals surface area contributed by atoms with Gasteiger partial charge >= 0.3 is 0 Å². The molecule has 0 bridgehead atoms. The van der Waals surface area contributed by atoms with Gasteiger partial charge in [-0.1, -0.05) is 12.1 Å². The molecular weight excluding hydrogens is 226 g/mol. The van der Waals surface area contributed by atoms with Gasteiger partial charge in [-0.3, -0.25) is 4.79 Å². The summed E-state index contributed by atoms with van der Waals surface area (Å²) in [5.74, 6) is -0.145. The molecule has 1 amide bonds. The molecule has 2 N–H and O–H groups in total. The zero-order valence-electron chi connectivity index (χ0n) is 11.3. The van der Waals surface area contributed by atoms with E-state index >= 15 is 0 Å². The predicted octanol–water partition coefficient (Wildman–Crippen LogP) is 2.23. The zero-order chi connectivity index (χ0) is 13.3. The van der Waals surface area contributed by atoms with Gasteiger partial charge in [-0.05, 0) is 38.0 Å². The molecule has 96 valence electrons. The van der Waals surface area contributed by atoms with E-state index in [9.17, 15) is 4.79 Å². The Balaban J connectivity index is 2.38. The van der Waals surface area contributed by atoms with E-state index in [4.69, 9.17) is 0 Å². The summed E-state index contributed by atoms with van der Waals surface area (Å²) in [6.07, 6.45) is 0.766. The Morgan fingerprint density at radius 1 is 1.44 bits per heavy atom. The SMILES string of the molecule is CC(=O)N/N=C1\Cc2c(C)cccc2NC1(C)C. The molecule has 4 nitrogen and oxygen atoms in total. The Bertz CT molecular complexity index is 518. The fourth-order valence-electron chi connectivity index (χ4n) is 2.18. The standard InChI is InChI=1S/C14H19N3O/c1-9-6-5-7-12-11(9)8-13(14(3,4)15-12)17-16-10(2)18/h5-7,15H,8H2,1-4H3,(H,16,18)/b17-13+.